The fourth-order valence-corrected chi connectivity index (χ4v) is 2.83. The van der Waals surface area contributed by atoms with Crippen molar-refractivity contribution in [2.75, 3.05) is 6.54 Å². The maximum atomic E-state index is 6.00. The third-order valence-corrected chi connectivity index (χ3v) is 4.24. The van der Waals surface area contributed by atoms with Gasteiger partial charge in [0.2, 0.25) is 0 Å². The first kappa shape index (κ1) is 15.6. The molecular formula is C17H29NO2. The second kappa shape index (κ2) is 7.84. The molecule has 0 unspecified atom stereocenters. The van der Waals surface area contributed by atoms with Gasteiger partial charge in [-0.25, -0.2) is 0 Å². The van der Waals surface area contributed by atoms with Crippen LogP contribution in [0.1, 0.15) is 63.0 Å². The molecule has 0 saturated heterocycles. The molecule has 1 fully saturated rings. The van der Waals surface area contributed by atoms with Crippen LogP contribution in [0, 0.1) is 12.8 Å². The molecule has 1 aliphatic rings. The van der Waals surface area contributed by atoms with Crippen molar-refractivity contribution in [2.24, 2.45) is 5.92 Å². The highest BCUT2D eigenvalue weighted by molar-refractivity contribution is 5.20. The predicted molar refractivity (Wildman–Crippen MR) is 81.7 cm³/mol. The summed E-state index contributed by atoms with van der Waals surface area (Å²) in [6.07, 6.45) is 6.59. The number of ether oxygens (including phenoxy) is 1. The van der Waals surface area contributed by atoms with E-state index in [-0.39, 0.29) is 0 Å². The maximum absolute atomic E-state index is 6.00. The number of hydrogen-bond donors (Lipinski definition) is 1. The summed E-state index contributed by atoms with van der Waals surface area (Å²) in [6, 6.07) is 2.14. The topological polar surface area (TPSA) is 34.4 Å². The fourth-order valence-electron chi connectivity index (χ4n) is 2.83. The molecule has 1 heterocycles. The Hall–Kier alpha value is -0.800. The molecule has 1 aromatic rings. The molecule has 1 saturated carbocycles. The second-order valence-electron chi connectivity index (χ2n) is 6.16. The molecule has 1 N–H and O–H groups in total. The van der Waals surface area contributed by atoms with E-state index in [1.807, 2.05) is 6.92 Å². The summed E-state index contributed by atoms with van der Waals surface area (Å²) in [7, 11) is 0. The normalized spacial score (nSPS) is 23.1. The van der Waals surface area contributed by atoms with Gasteiger partial charge >= 0.3 is 0 Å². The summed E-state index contributed by atoms with van der Waals surface area (Å²) < 4.78 is 11.8. The standard InChI is InChI=1S/C17H29NO2/c1-4-9-18-11-15-10-17(20-14(15)3)12-19-16-7-5-13(2)6-8-16/h10,13,16,18H,4-9,11-12H2,1-3H3. The lowest BCUT2D eigenvalue weighted by molar-refractivity contribution is 0.00103. The molecule has 20 heavy (non-hydrogen) atoms. The van der Waals surface area contributed by atoms with Crippen LogP contribution in [-0.2, 0) is 17.9 Å². The van der Waals surface area contributed by atoms with Crippen molar-refractivity contribution in [3.63, 3.8) is 0 Å². The van der Waals surface area contributed by atoms with Crippen molar-refractivity contribution in [1.82, 2.24) is 5.32 Å². The van der Waals surface area contributed by atoms with Crippen molar-refractivity contribution < 1.29 is 9.15 Å². The molecule has 0 amide bonds. The summed E-state index contributed by atoms with van der Waals surface area (Å²) in [5, 5.41) is 3.42. The molecule has 0 radical (unpaired) electrons. The predicted octanol–water partition coefficient (Wildman–Crippen LogP) is 4.18. The quantitative estimate of drug-likeness (QED) is 0.760. The second-order valence-corrected chi connectivity index (χ2v) is 6.16. The van der Waals surface area contributed by atoms with E-state index in [0.717, 1.165) is 36.9 Å². The van der Waals surface area contributed by atoms with Crippen LogP contribution in [0.2, 0.25) is 0 Å². The number of nitrogens with one attached hydrogen (secondary N) is 1. The average Bonchev–Trinajstić information content (AvgIpc) is 2.79. The Morgan fingerprint density at radius 2 is 2.05 bits per heavy atom. The van der Waals surface area contributed by atoms with Crippen molar-refractivity contribution in [1.29, 1.82) is 0 Å². The first-order chi connectivity index (χ1) is 9.69. The molecule has 3 nitrogen and oxygen atoms in total. The highest BCUT2D eigenvalue weighted by Gasteiger charge is 2.19. The van der Waals surface area contributed by atoms with E-state index < -0.39 is 0 Å². The summed E-state index contributed by atoms with van der Waals surface area (Å²) in [6.45, 7) is 9.12. The van der Waals surface area contributed by atoms with Gasteiger partial charge in [0.15, 0.2) is 0 Å². The summed E-state index contributed by atoms with van der Waals surface area (Å²) in [4.78, 5) is 0. The van der Waals surface area contributed by atoms with Crippen molar-refractivity contribution >= 4 is 0 Å². The molecule has 0 aliphatic heterocycles. The highest BCUT2D eigenvalue weighted by atomic mass is 16.5. The molecule has 114 valence electrons. The lowest BCUT2D eigenvalue weighted by Crippen LogP contribution is -2.20. The Kier molecular flexibility index (Phi) is 6.11. The Bertz CT molecular complexity index is 392. The minimum Gasteiger partial charge on any atom is -0.464 e. The van der Waals surface area contributed by atoms with Gasteiger partial charge in [0.1, 0.15) is 18.1 Å². The van der Waals surface area contributed by atoms with Crippen LogP contribution in [-0.4, -0.2) is 12.6 Å². The summed E-state index contributed by atoms with van der Waals surface area (Å²) in [5.41, 5.74) is 1.26. The lowest BCUT2D eigenvalue weighted by atomic mass is 9.89. The number of hydrogen-bond acceptors (Lipinski definition) is 3. The Morgan fingerprint density at radius 1 is 1.30 bits per heavy atom. The number of aryl methyl sites for hydroxylation is 1. The largest absolute Gasteiger partial charge is 0.464 e. The van der Waals surface area contributed by atoms with E-state index in [0.29, 0.717) is 12.7 Å². The van der Waals surface area contributed by atoms with E-state index in [4.69, 9.17) is 9.15 Å². The first-order valence-electron chi connectivity index (χ1n) is 8.09. The van der Waals surface area contributed by atoms with Crippen LogP contribution in [0.15, 0.2) is 10.5 Å². The monoisotopic (exact) mass is 279 g/mol. The van der Waals surface area contributed by atoms with Crippen LogP contribution in [0.5, 0.6) is 0 Å². The summed E-state index contributed by atoms with van der Waals surface area (Å²) >= 11 is 0. The van der Waals surface area contributed by atoms with Gasteiger partial charge in [-0.05, 0) is 57.6 Å². The average molecular weight is 279 g/mol. The van der Waals surface area contributed by atoms with Gasteiger partial charge in [-0.2, -0.15) is 0 Å². The zero-order chi connectivity index (χ0) is 14.4. The van der Waals surface area contributed by atoms with Gasteiger partial charge in [-0.15, -0.1) is 0 Å². The van der Waals surface area contributed by atoms with Crippen molar-refractivity contribution in [3.8, 4) is 0 Å². The molecule has 1 aromatic heterocycles. The minimum atomic E-state index is 0.429. The lowest BCUT2D eigenvalue weighted by Gasteiger charge is -2.25. The highest BCUT2D eigenvalue weighted by Crippen LogP contribution is 2.26. The summed E-state index contributed by atoms with van der Waals surface area (Å²) in [5.74, 6) is 2.86. The van der Waals surface area contributed by atoms with Crippen LogP contribution >= 0.6 is 0 Å². The zero-order valence-electron chi connectivity index (χ0n) is 13.2. The third-order valence-electron chi connectivity index (χ3n) is 4.24. The molecule has 0 atom stereocenters. The van der Waals surface area contributed by atoms with E-state index >= 15 is 0 Å². The molecular weight excluding hydrogens is 250 g/mol. The maximum Gasteiger partial charge on any atom is 0.130 e. The third kappa shape index (κ3) is 4.64. The number of furan rings is 1. The van der Waals surface area contributed by atoms with E-state index in [2.05, 4.69) is 25.2 Å². The Labute approximate surface area is 123 Å². The fraction of sp³-hybridized carbons (Fsp3) is 0.765. The van der Waals surface area contributed by atoms with E-state index in [1.165, 1.54) is 31.2 Å². The van der Waals surface area contributed by atoms with Crippen LogP contribution in [0.3, 0.4) is 0 Å². The molecule has 2 rings (SSSR count). The molecule has 1 aliphatic carbocycles. The molecule has 0 aromatic carbocycles. The van der Waals surface area contributed by atoms with Gasteiger partial charge in [0.05, 0.1) is 6.10 Å². The van der Waals surface area contributed by atoms with Crippen LogP contribution in [0.25, 0.3) is 0 Å². The SMILES string of the molecule is CCCNCc1cc(COC2CCC(C)CC2)oc1C. The van der Waals surface area contributed by atoms with Gasteiger partial charge in [0, 0.05) is 12.1 Å². The molecule has 0 spiro atoms. The number of rotatable bonds is 7. The van der Waals surface area contributed by atoms with Crippen LogP contribution < -0.4 is 5.32 Å². The first-order valence-corrected chi connectivity index (χ1v) is 8.09. The molecule has 3 heteroatoms. The molecule has 0 bridgehead atoms. The smallest absolute Gasteiger partial charge is 0.130 e. The minimum absolute atomic E-state index is 0.429. The van der Waals surface area contributed by atoms with Gasteiger partial charge < -0.3 is 14.5 Å². The van der Waals surface area contributed by atoms with Crippen LogP contribution in [0.4, 0.5) is 0 Å². The van der Waals surface area contributed by atoms with Gasteiger partial charge in [-0.3, -0.25) is 0 Å². The van der Waals surface area contributed by atoms with E-state index in [1.54, 1.807) is 0 Å². The zero-order valence-corrected chi connectivity index (χ0v) is 13.2. The Balaban J connectivity index is 1.76. The van der Waals surface area contributed by atoms with E-state index in [9.17, 15) is 0 Å². The van der Waals surface area contributed by atoms with Gasteiger partial charge in [0.25, 0.3) is 0 Å². The Morgan fingerprint density at radius 3 is 2.75 bits per heavy atom. The van der Waals surface area contributed by atoms with Gasteiger partial charge in [-0.1, -0.05) is 13.8 Å². The van der Waals surface area contributed by atoms with Crippen molar-refractivity contribution in [3.05, 3.63) is 23.2 Å². The van der Waals surface area contributed by atoms with Crippen molar-refractivity contribution in [2.45, 2.75) is 72.1 Å².